The molecular weight excluding hydrogens is 697 g/mol. The van der Waals surface area contributed by atoms with Crippen molar-refractivity contribution < 1.29 is 47.2 Å². The van der Waals surface area contributed by atoms with E-state index in [0.29, 0.717) is 12.8 Å². The van der Waals surface area contributed by atoms with Crippen LogP contribution < -0.4 is 0 Å². The molecule has 2 atom stereocenters. The Morgan fingerprint density at radius 2 is 0.962 bits per heavy atom. The number of carbonyl (C=O) groups is 4. The summed E-state index contributed by atoms with van der Waals surface area (Å²) in [5.74, 6) is -2.00. The largest absolute Gasteiger partial charge is 0.472 e. The predicted octanol–water partition coefficient (Wildman–Crippen LogP) is 10.5. The van der Waals surface area contributed by atoms with Gasteiger partial charge in [-0.2, -0.15) is 0 Å². The lowest BCUT2D eigenvalue weighted by Crippen LogP contribution is -2.33. The Hall–Kier alpha value is -2.07. The summed E-state index contributed by atoms with van der Waals surface area (Å²) < 4.78 is 33.4. The monoisotopic (exact) mass is 772 g/mol. The number of phosphoric ester groups is 1. The first-order valence-corrected chi connectivity index (χ1v) is 22.7. The third-order valence-electron chi connectivity index (χ3n) is 9.59. The summed E-state index contributed by atoms with van der Waals surface area (Å²) in [5.41, 5.74) is 0. The Morgan fingerprint density at radius 3 is 1.38 bits per heavy atom. The van der Waals surface area contributed by atoms with Crippen molar-refractivity contribution in [3.63, 3.8) is 0 Å². The Bertz CT molecular complexity index is 1030. The van der Waals surface area contributed by atoms with Gasteiger partial charge in [0.15, 0.2) is 6.10 Å². The number of rotatable bonds is 38. The van der Waals surface area contributed by atoms with Crippen molar-refractivity contribution in [2.24, 2.45) is 0 Å². The molecule has 11 nitrogen and oxygen atoms in total. The molecule has 1 rings (SSSR count). The van der Waals surface area contributed by atoms with E-state index in [1.807, 2.05) is 0 Å². The zero-order chi connectivity index (χ0) is 38.8. The molecule has 0 spiro atoms. The highest BCUT2D eigenvalue weighted by Crippen LogP contribution is 2.43. The second kappa shape index (κ2) is 33.3. The molecule has 0 fully saturated rings. The van der Waals surface area contributed by atoms with Crippen LogP contribution in [0.2, 0.25) is 0 Å². The molecule has 0 saturated heterocycles. The van der Waals surface area contributed by atoms with Crippen molar-refractivity contribution in [2.75, 3.05) is 26.4 Å². The van der Waals surface area contributed by atoms with Crippen LogP contribution in [0.25, 0.3) is 0 Å². The summed E-state index contributed by atoms with van der Waals surface area (Å²) in [5, 5.41) is 0. The molecule has 1 heterocycles. The fourth-order valence-electron chi connectivity index (χ4n) is 6.31. The third-order valence-corrected chi connectivity index (χ3v) is 10.6. The van der Waals surface area contributed by atoms with E-state index in [-0.39, 0.29) is 26.0 Å². The molecule has 0 aromatic rings. The molecule has 0 saturated carbocycles. The molecule has 0 radical (unpaired) electrons. The number of hydrogen-bond donors (Lipinski definition) is 1. The number of carbonyl (C=O) groups excluding carboxylic acids is 4. The van der Waals surface area contributed by atoms with E-state index >= 15 is 0 Å². The van der Waals surface area contributed by atoms with E-state index in [0.717, 1.165) is 55.6 Å². The first-order valence-electron chi connectivity index (χ1n) is 21.2. The van der Waals surface area contributed by atoms with Crippen molar-refractivity contribution in [1.82, 2.24) is 4.90 Å². The number of ether oxygens (including phenoxy) is 2. The van der Waals surface area contributed by atoms with Gasteiger partial charge in [0.05, 0.1) is 19.8 Å². The fraction of sp³-hybridized carbons (Fsp3) is 0.854. The lowest BCUT2D eigenvalue weighted by Gasteiger charge is -2.20. The van der Waals surface area contributed by atoms with Gasteiger partial charge in [0.1, 0.15) is 6.61 Å². The second-order valence-electron chi connectivity index (χ2n) is 14.5. The third kappa shape index (κ3) is 29.0. The molecule has 0 aromatic carbocycles. The van der Waals surface area contributed by atoms with Crippen molar-refractivity contribution in [3.8, 4) is 0 Å². The van der Waals surface area contributed by atoms with Crippen LogP contribution in [0.15, 0.2) is 12.2 Å². The average molecular weight is 772 g/mol. The molecule has 2 unspecified atom stereocenters. The highest BCUT2D eigenvalue weighted by molar-refractivity contribution is 7.47. The van der Waals surface area contributed by atoms with Crippen molar-refractivity contribution >= 4 is 31.6 Å². The van der Waals surface area contributed by atoms with Crippen LogP contribution >= 0.6 is 7.82 Å². The number of unbranched alkanes of at least 4 members (excludes halogenated alkanes) is 24. The van der Waals surface area contributed by atoms with E-state index in [2.05, 4.69) is 13.8 Å². The molecule has 53 heavy (non-hydrogen) atoms. The Labute approximate surface area is 321 Å². The van der Waals surface area contributed by atoms with Gasteiger partial charge in [-0.05, 0) is 12.8 Å². The van der Waals surface area contributed by atoms with Gasteiger partial charge in [-0.3, -0.25) is 33.1 Å². The molecule has 308 valence electrons. The second-order valence-corrected chi connectivity index (χ2v) is 16.0. The first-order chi connectivity index (χ1) is 25.7. The molecule has 2 amide bonds. The molecular formula is C41H74NO10P. The summed E-state index contributed by atoms with van der Waals surface area (Å²) in [6.45, 7) is 2.97. The molecule has 0 bridgehead atoms. The van der Waals surface area contributed by atoms with E-state index in [9.17, 15) is 28.6 Å². The minimum atomic E-state index is -4.63. The lowest BCUT2D eigenvalue weighted by molar-refractivity contribution is -0.161. The standard InChI is InChI=1S/C41H74NO10P/c1-3-5-7-9-11-13-15-17-19-21-23-25-27-29-40(45)49-35-37(36-51-53(47,48)50-34-33-42-38(43)31-32-39(42)44)52-41(46)30-28-26-24-22-20-18-16-14-12-10-8-6-4-2/h31-32,37H,3-30,33-36H2,1-2H3,(H,47,48). The number of esters is 2. The molecule has 0 aliphatic carbocycles. The van der Waals surface area contributed by atoms with Crippen LogP contribution in [0.5, 0.6) is 0 Å². The summed E-state index contributed by atoms with van der Waals surface area (Å²) >= 11 is 0. The average Bonchev–Trinajstić information content (AvgIpc) is 3.45. The van der Waals surface area contributed by atoms with Gasteiger partial charge in [-0.15, -0.1) is 0 Å². The van der Waals surface area contributed by atoms with Crippen LogP contribution in [-0.2, 0) is 42.3 Å². The Kier molecular flexibility index (Phi) is 30.7. The summed E-state index contributed by atoms with van der Waals surface area (Å²) in [6.07, 6.45) is 32.6. The Morgan fingerprint density at radius 1 is 0.585 bits per heavy atom. The lowest BCUT2D eigenvalue weighted by atomic mass is 10.0. The van der Waals surface area contributed by atoms with Gasteiger partial charge in [-0.1, -0.05) is 168 Å². The SMILES string of the molecule is CCCCCCCCCCCCCCCC(=O)OCC(COP(=O)(O)OCCN1C(=O)C=CC1=O)OC(=O)CCCCCCCCCCCCCCC. The van der Waals surface area contributed by atoms with Gasteiger partial charge < -0.3 is 14.4 Å². The minimum Gasteiger partial charge on any atom is -0.462 e. The molecule has 12 heteroatoms. The number of amides is 2. The van der Waals surface area contributed by atoms with Crippen LogP contribution in [-0.4, -0.2) is 66.0 Å². The number of nitrogens with zero attached hydrogens (tertiary/aromatic N) is 1. The van der Waals surface area contributed by atoms with E-state index in [1.54, 1.807) is 0 Å². The maximum absolute atomic E-state index is 12.7. The van der Waals surface area contributed by atoms with E-state index < -0.39 is 50.9 Å². The minimum absolute atomic E-state index is 0.181. The summed E-state index contributed by atoms with van der Waals surface area (Å²) in [4.78, 5) is 59.5. The zero-order valence-corrected chi connectivity index (χ0v) is 34.3. The normalized spacial score (nSPS) is 14.5. The predicted molar refractivity (Wildman–Crippen MR) is 209 cm³/mol. The zero-order valence-electron chi connectivity index (χ0n) is 33.4. The molecule has 1 aliphatic heterocycles. The van der Waals surface area contributed by atoms with Crippen molar-refractivity contribution in [2.45, 2.75) is 200 Å². The van der Waals surface area contributed by atoms with E-state index in [1.165, 1.54) is 116 Å². The van der Waals surface area contributed by atoms with Crippen LogP contribution in [0.3, 0.4) is 0 Å². The van der Waals surface area contributed by atoms with Gasteiger partial charge >= 0.3 is 19.8 Å². The van der Waals surface area contributed by atoms with Crippen molar-refractivity contribution in [1.29, 1.82) is 0 Å². The van der Waals surface area contributed by atoms with E-state index in [4.69, 9.17) is 18.5 Å². The number of imide groups is 1. The summed E-state index contributed by atoms with van der Waals surface area (Å²) in [7, 11) is -4.63. The highest BCUT2D eigenvalue weighted by atomic mass is 31.2. The molecule has 1 N–H and O–H groups in total. The van der Waals surface area contributed by atoms with Crippen LogP contribution in [0.1, 0.15) is 194 Å². The van der Waals surface area contributed by atoms with Gasteiger partial charge in [0.2, 0.25) is 0 Å². The number of hydrogen-bond acceptors (Lipinski definition) is 9. The Balaban J connectivity index is 2.35. The van der Waals surface area contributed by atoms with Crippen molar-refractivity contribution in [3.05, 3.63) is 12.2 Å². The first kappa shape index (κ1) is 48.9. The maximum Gasteiger partial charge on any atom is 0.472 e. The quantitative estimate of drug-likeness (QED) is 0.0278. The van der Waals surface area contributed by atoms with Gasteiger partial charge in [0.25, 0.3) is 11.8 Å². The topological polar surface area (TPSA) is 146 Å². The molecule has 0 aromatic heterocycles. The fourth-order valence-corrected chi connectivity index (χ4v) is 7.05. The van der Waals surface area contributed by atoms with Gasteiger partial charge in [-0.25, -0.2) is 4.57 Å². The summed E-state index contributed by atoms with van der Waals surface area (Å²) in [6, 6.07) is 0. The maximum atomic E-state index is 12.7. The van der Waals surface area contributed by atoms with Crippen LogP contribution in [0, 0.1) is 0 Å². The molecule has 1 aliphatic rings. The number of phosphoric acid groups is 1. The smallest absolute Gasteiger partial charge is 0.462 e. The van der Waals surface area contributed by atoms with Gasteiger partial charge in [0, 0.05) is 25.0 Å². The van der Waals surface area contributed by atoms with Crippen LogP contribution in [0.4, 0.5) is 0 Å². The highest BCUT2D eigenvalue weighted by Gasteiger charge is 2.28.